The van der Waals surface area contributed by atoms with Crippen LogP contribution in [0.4, 0.5) is 0 Å². The van der Waals surface area contributed by atoms with Gasteiger partial charge in [-0.15, -0.1) is 0 Å². The fourth-order valence-corrected chi connectivity index (χ4v) is 1.95. The average molecular weight is 265 g/mol. The van der Waals surface area contributed by atoms with Crippen LogP contribution < -0.4 is 0 Å². The van der Waals surface area contributed by atoms with Crippen molar-refractivity contribution in [2.24, 2.45) is 5.92 Å². The molecule has 3 nitrogen and oxygen atoms in total. The maximum Gasteiger partial charge on any atom is 0.0956 e. The van der Waals surface area contributed by atoms with Gasteiger partial charge in [0.05, 0.1) is 37.4 Å². The van der Waals surface area contributed by atoms with Crippen LogP contribution in [0.15, 0.2) is 0 Å². The zero-order chi connectivity index (χ0) is 9.80. The molecule has 2 aliphatic rings. The fraction of sp³-hybridized carbons (Fsp3) is 1.00. The van der Waals surface area contributed by atoms with Crippen LogP contribution in [0.3, 0.4) is 0 Å². The Bertz CT molecular complexity index is 173. The number of hydrogen-bond donors (Lipinski definition) is 0. The van der Waals surface area contributed by atoms with E-state index in [1.165, 1.54) is 12.8 Å². The smallest absolute Gasteiger partial charge is 0.0956 e. The molecule has 0 aromatic rings. The van der Waals surface area contributed by atoms with Crippen molar-refractivity contribution in [3.05, 3.63) is 0 Å². The van der Waals surface area contributed by atoms with Crippen LogP contribution in [0.25, 0.3) is 0 Å². The Balaban J connectivity index is 1.45. The zero-order valence-corrected chi connectivity index (χ0v) is 9.87. The molecule has 82 valence electrons. The molecular weight excluding hydrogens is 248 g/mol. The Labute approximate surface area is 93.2 Å². The average Bonchev–Trinajstić information content (AvgIpc) is 2.91. The minimum Gasteiger partial charge on any atom is -0.379 e. The highest BCUT2D eigenvalue weighted by Crippen LogP contribution is 2.28. The van der Waals surface area contributed by atoms with Gasteiger partial charge in [-0.1, -0.05) is 15.9 Å². The summed E-state index contributed by atoms with van der Waals surface area (Å²) in [6.07, 6.45) is 2.90. The molecule has 2 rings (SSSR count). The Morgan fingerprint density at radius 1 is 1.21 bits per heavy atom. The Kier molecular flexibility index (Phi) is 4.23. The highest BCUT2D eigenvalue weighted by atomic mass is 79.9. The summed E-state index contributed by atoms with van der Waals surface area (Å²) < 4.78 is 16.4. The molecule has 0 aromatic carbocycles. The lowest BCUT2D eigenvalue weighted by atomic mass is 10.3. The van der Waals surface area contributed by atoms with Gasteiger partial charge in [0.15, 0.2) is 0 Å². The maximum absolute atomic E-state index is 5.62. The van der Waals surface area contributed by atoms with E-state index in [0.717, 1.165) is 19.1 Å². The van der Waals surface area contributed by atoms with Crippen molar-refractivity contribution in [1.82, 2.24) is 0 Å². The highest BCUT2D eigenvalue weighted by Gasteiger charge is 2.26. The van der Waals surface area contributed by atoms with Crippen LogP contribution in [0, 0.1) is 5.92 Å². The third-order valence-electron chi connectivity index (χ3n) is 2.57. The van der Waals surface area contributed by atoms with E-state index in [9.17, 15) is 0 Å². The van der Waals surface area contributed by atoms with Gasteiger partial charge in [0, 0.05) is 6.61 Å². The van der Waals surface area contributed by atoms with Crippen LogP contribution in [-0.2, 0) is 14.2 Å². The molecule has 2 fully saturated rings. The molecule has 1 aliphatic carbocycles. The van der Waals surface area contributed by atoms with Crippen LogP contribution in [0.5, 0.6) is 0 Å². The molecule has 0 radical (unpaired) electrons. The fourth-order valence-electron chi connectivity index (χ4n) is 1.45. The quantitative estimate of drug-likeness (QED) is 0.539. The molecule has 2 atom stereocenters. The van der Waals surface area contributed by atoms with Gasteiger partial charge >= 0.3 is 0 Å². The summed E-state index contributed by atoms with van der Waals surface area (Å²) in [5.41, 5.74) is 0. The van der Waals surface area contributed by atoms with Crippen molar-refractivity contribution >= 4 is 15.9 Å². The van der Waals surface area contributed by atoms with Gasteiger partial charge in [-0.2, -0.15) is 0 Å². The molecule has 2 unspecified atom stereocenters. The van der Waals surface area contributed by atoms with Crippen LogP contribution >= 0.6 is 15.9 Å². The van der Waals surface area contributed by atoms with Gasteiger partial charge in [0.25, 0.3) is 0 Å². The summed E-state index contributed by atoms with van der Waals surface area (Å²) in [4.78, 5) is 0.353. The van der Waals surface area contributed by atoms with Crippen LogP contribution in [0.2, 0.25) is 0 Å². The van der Waals surface area contributed by atoms with E-state index >= 15 is 0 Å². The summed E-state index contributed by atoms with van der Waals surface area (Å²) >= 11 is 3.52. The van der Waals surface area contributed by atoms with E-state index in [-0.39, 0.29) is 6.10 Å². The summed E-state index contributed by atoms with van der Waals surface area (Å²) in [6.45, 7) is 3.78. The van der Waals surface area contributed by atoms with E-state index in [1.54, 1.807) is 0 Å². The van der Waals surface area contributed by atoms with Gasteiger partial charge in [0.2, 0.25) is 0 Å². The third kappa shape index (κ3) is 3.50. The largest absolute Gasteiger partial charge is 0.379 e. The van der Waals surface area contributed by atoms with E-state index in [1.807, 2.05) is 0 Å². The summed E-state index contributed by atoms with van der Waals surface area (Å²) in [7, 11) is 0. The minimum absolute atomic E-state index is 0.208. The lowest BCUT2D eigenvalue weighted by Gasteiger charge is -2.13. The molecule has 1 saturated carbocycles. The normalized spacial score (nSPS) is 32.4. The zero-order valence-electron chi connectivity index (χ0n) is 8.28. The number of alkyl halides is 1. The van der Waals surface area contributed by atoms with E-state index in [2.05, 4.69) is 15.9 Å². The van der Waals surface area contributed by atoms with Gasteiger partial charge < -0.3 is 14.2 Å². The second kappa shape index (κ2) is 5.45. The molecule has 4 heteroatoms. The summed E-state index contributed by atoms with van der Waals surface area (Å²) in [6, 6.07) is 0. The highest BCUT2D eigenvalue weighted by molar-refractivity contribution is 9.09. The number of hydrogen-bond acceptors (Lipinski definition) is 3. The summed E-state index contributed by atoms with van der Waals surface area (Å²) in [5.74, 6) is 0.841. The van der Waals surface area contributed by atoms with Crippen molar-refractivity contribution < 1.29 is 14.2 Å². The second-order valence-electron chi connectivity index (χ2n) is 3.98. The first kappa shape index (κ1) is 10.9. The number of ether oxygens (including phenoxy) is 3. The molecular formula is C10H17BrO3. The van der Waals surface area contributed by atoms with Crippen molar-refractivity contribution in [3.8, 4) is 0 Å². The van der Waals surface area contributed by atoms with Gasteiger partial charge in [-0.05, 0) is 18.8 Å². The Morgan fingerprint density at radius 3 is 2.71 bits per heavy atom. The molecule has 0 bridgehead atoms. The molecule has 0 amide bonds. The third-order valence-corrected chi connectivity index (χ3v) is 3.43. The molecule has 14 heavy (non-hydrogen) atoms. The van der Waals surface area contributed by atoms with E-state index in [4.69, 9.17) is 14.2 Å². The SMILES string of the molecule is BrC1COCC1OCCOCC1CC1. The second-order valence-corrected chi connectivity index (χ2v) is 5.16. The van der Waals surface area contributed by atoms with Gasteiger partial charge in [-0.25, -0.2) is 0 Å². The molecule has 1 heterocycles. The van der Waals surface area contributed by atoms with E-state index < -0.39 is 0 Å². The minimum atomic E-state index is 0.208. The van der Waals surface area contributed by atoms with Gasteiger partial charge in [0.1, 0.15) is 0 Å². The predicted molar refractivity (Wildman–Crippen MR) is 56.8 cm³/mol. The monoisotopic (exact) mass is 264 g/mol. The van der Waals surface area contributed by atoms with Crippen LogP contribution in [-0.4, -0.2) is 44.0 Å². The van der Waals surface area contributed by atoms with Crippen molar-refractivity contribution in [2.45, 2.75) is 23.8 Å². The van der Waals surface area contributed by atoms with Crippen molar-refractivity contribution in [2.75, 3.05) is 33.0 Å². The Morgan fingerprint density at radius 2 is 2.07 bits per heavy atom. The molecule has 0 N–H and O–H groups in total. The molecule has 1 saturated heterocycles. The molecule has 0 aromatic heterocycles. The van der Waals surface area contributed by atoms with Crippen molar-refractivity contribution in [3.63, 3.8) is 0 Å². The predicted octanol–water partition coefficient (Wildman–Crippen LogP) is 1.59. The standard InChI is InChI=1S/C10H17BrO3/c11-9-6-13-7-10(9)14-4-3-12-5-8-1-2-8/h8-10H,1-7H2. The first-order chi connectivity index (χ1) is 6.86. The first-order valence-corrected chi connectivity index (χ1v) is 6.19. The number of rotatable bonds is 6. The maximum atomic E-state index is 5.62. The topological polar surface area (TPSA) is 27.7 Å². The lowest BCUT2D eigenvalue weighted by Crippen LogP contribution is -2.24. The van der Waals surface area contributed by atoms with Gasteiger partial charge in [-0.3, -0.25) is 0 Å². The molecule has 0 spiro atoms. The van der Waals surface area contributed by atoms with E-state index in [0.29, 0.717) is 24.6 Å². The van der Waals surface area contributed by atoms with Crippen molar-refractivity contribution in [1.29, 1.82) is 0 Å². The first-order valence-electron chi connectivity index (χ1n) is 5.27. The molecule has 1 aliphatic heterocycles. The van der Waals surface area contributed by atoms with Crippen LogP contribution in [0.1, 0.15) is 12.8 Å². The lowest BCUT2D eigenvalue weighted by molar-refractivity contribution is 0.000743. The number of halogens is 1. The Hall–Kier alpha value is 0.360. The summed E-state index contributed by atoms with van der Waals surface area (Å²) in [5, 5.41) is 0.